The number of anilines is 1. The van der Waals surface area contributed by atoms with E-state index in [1.807, 2.05) is 24.3 Å². The van der Waals surface area contributed by atoms with Crippen LogP contribution in [0.1, 0.15) is 12.5 Å². The van der Waals surface area contributed by atoms with E-state index in [1.165, 1.54) is 4.90 Å². The Balaban J connectivity index is 1.75. The first kappa shape index (κ1) is 14.0. The number of imidazole rings is 1. The van der Waals surface area contributed by atoms with Gasteiger partial charge in [0.15, 0.2) is 0 Å². The van der Waals surface area contributed by atoms with Gasteiger partial charge in [-0.15, -0.1) is 0 Å². The lowest BCUT2D eigenvalue weighted by atomic mass is 10.2. The van der Waals surface area contributed by atoms with Crippen LogP contribution in [0.4, 0.5) is 5.69 Å². The number of para-hydroxylation sites is 2. The lowest BCUT2D eigenvalue weighted by Gasteiger charge is -2.16. The Kier molecular flexibility index (Phi) is 3.16. The lowest BCUT2D eigenvalue weighted by molar-refractivity contribution is -0.122. The summed E-state index contributed by atoms with van der Waals surface area (Å²) in [7, 11) is 0. The largest absolute Gasteiger partial charge is 0.317 e. The van der Waals surface area contributed by atoms with E-state index in [-0.39, 0.29) is 18.2 Å². The number of rotatable bonds is 2. The molecule has 0 aliphatic carbocycles. The molecule has 1 unspecified atom stereocenters. The summed E-state index contributed by atoms with van der Waals surface area (Å²) in [6.45, 7) is 0. The number of carbonyl (C=O) groups is 2. The van der Waals surface area contributed by atoms with E-state index in [0.29, 0.717) is 10.7 Å². The monoisotopic (exact) mass is 325 g/mol. The fourth-order valence-electron chi connectivity index (χ4n) is 2.95. The second-order valence-corrected chi connectivity index (χ2v) is 5.84. The summed E-state index contributed by atoms with van der Waals surface area (Å²) in [5, 5.41) is 0.486. The van der Waals surface area contributed by atoms with Crippen molar-refractivity contribution in [3.63, 3.8) is 0 Å². The van der Waals surface area contributed by atoms with Crippen molar-refractivity contribution in [2.24, 2.45) is 0 Å². The van der Waals surface area contributed by atoms with E-state index >= 15 is 0 Å². The summed E-state index contributed by atoms with van der Waals surface area (Å²) in [6, 6.07) is 13.7. The molecule has 1 aliphatic rings. The molecular weight excluding hydrogens is 314 g/mol. The van der Waals surface area contributed by atoms with Crippen LogP contribution in [-0.2, 0) is 9.59 Å². The second-order valence-electron chi connectivity index (χ2n) is 5.41. The van der Waals surface area contributed by atoms with Crippen molar-refractivity contribution >= 4 is 40.1 Å². The molecule has 4 rings (SSSR count). The quantitative estimate of drug-likeness (QED) is 0.680. The minimum atomic E-state index is -0.575. The lowest BCUT2D eigenvalue weighted by Crippen LogP contribution is -2.31. The minimum Gasteiger partial charge on any atom is -0.317 e. The zero-order chi connectivity index (χ0) is 16.0. The number of halogens is 1. The molecule has 1 fully saturated rings. The van der Waals surface area contributed by atoms with E-state index in [9.17, 15) is 9.59 Å². The van der Waals surface area contributed by atoms with Crippen LogP contribution in [0.2, 0.25) is 5.02 Å². The summed E-state index contributed by atoms with van der Waals surface area (Å²) in [4.78, 5) is 30.6. The number of fused-ring (bicyclic) bond motifs is 1. The Hall–Kier alpha value is -2.66. The molecule has 0 N–H and O–H groups in total. The molecule has 114 valence electrons. The molecule has 5 nitrogen and oxygen atoms in total. The van der Waals surface area contributed by atoms with Crippen LogP contribution < -0.4 is 4.90 Å². The first-order valence-electron chi connectivity index (χ1n) is 7.19. The van der Waals surface area contributed by atoms with Crippen molar-refractivity contribution in [2.75, 3.05) is 4.90 Å². The number of aromatic nitrogens is 2. The van der Waals surface area contributed by atoms with Gasteiger partial charge in [-0.2, -0.15) is 0 Å². The summed E-state index contributed by atoms with van der Waals surface area (Å²) < 4.78 is 1.76. The Morgan fingerprint density at radius 3 is 2.74 bits per heavy atom. The molecule has 0 radical (unpaired) electrons. The number of hydrogen-bond donors (Lipinski definition) is 0. The minimum absolute atomic E-state index is 0.117. The molecule has 6 heteroatoms. The van der Waals surface area contributed by atoms with Crippen molar-refractivity contribution in [3.8, 4) is 0 Å². The topological polar surface area (TPSA) is 55.2 Å². The van der Waals surface area contributed by atoms with Gasteiger partial charge in [0, 0.05) is 5.02 Å². The molecule has 2 amide bonds. The molecular formula is C17H12ClN3O2. The predicted molar refractivity (Wildman–Crippen MR) is 87.3 cm³/mol. The molecule has 1 aromatic heterocycles. The summed E-state index contributed by atoms with van der Waals surface area (Å²) >= 11 is 5.97. The van der Waals surface area contributed by atoms with Crippen molar-refractivity contribution in [2.45, 2.75) is 12.5 Å². The van der Waals surface area contributed by atoms with Crippen molar-refractivity contribution in [3.05, 3.63) is 59.9 Å². The van der Waals surface area contributed by atoms with E-state index in [4.69, 9.17) is 11.6 Å². The van der Waals surface area contributed by atoms with E-state index < -0.39 is 6.04 Å². The maximum absolute atomic E-state index is 12.8. The zero-order valence-electron chi connectivity index (χ0n) is 12.0. The van der Waals surface area contributed by atoms with Gasteiger partial charge in [0.25, 0.3) is 5.91 Å². The Morgan fingerprint density at radius 1 is 1.09 bits per heavy atom. The van der Waals surface area contributed by atoms with Gasteiger partial charge < -0.3 is 4.57 Å². The van der Waals surface area contributed by atoms with Gasteiger partial charge in [-0.3, -0.25) is 9.59 Å². The van der Waals surface area contributed by atoms with Crippen molar-refractivity contribution < 1.29 is 9.59 Å². The van der Waals surface area contributed by atoms with Crippen LogP contribution in [0.15, 0.2) is 54.9 Å². The van der Waals surface area contributed by atoms with Crippen LogP contribution in [0, 0.1) is 0 Å². The fraction of sp³-hybridized carbons (Fsp3) is 0.118. The highest BCUT2D eigenvalue weighted by Crippen LogP contribution is 2.32. The third kappa shape index (κ3) is 2.21. The number of hydrogen-bond acceptors (Lipinski definition) is 3. The van der Waals surface area contributed by atoms with Gasteiger partial charge >= 0.3 is 0 Å². The first-order chi connectivity index (χ1) is 11.1. The Morgan fingerprint density at radius 2 is 1.91 bits per heavy atom. The summed E-state index contributed by atoms with van der Waals surface area (Å²) in [6.07, 6.45) is 1.73. The van der Waals surface area contributed by atoms with E-state index in [0.717, 1.165) is 11.0 Å². The maximum atomic E-state index is 12.8. The molecule has 0 spiro atoms. The van der Waals surface area contributed by atoms with Crippen LogP contribution >= 0.6 is 11.6 Å². The first-order valence-corrected chi connectivity index (χ1v) is 7.57. The van der Waals surface area contributed by atoms with Gasteiger partial charge in [0.05, 0.1) is 29.5 Å². The average Bonchev–Trinajstić information content (AvgIpc) is 3.08. The molecule has 1 aliphatic heterocycles. The van der Waals surface area contributed by atoms with Crippen LogP contribution in [0.5, 0.6) is 0 Å². The Labute approximate surface area is 137 Å². The molecule has 3 aromatic rings. The normalized spacial score (nSPS) is 18.1. The highest BCUT2D eigenvalue weighted by Gasteiger charge is 2.41. The zero-order valence-corrected chi connectivity index (χ0v) is 12.8. The molecule has 2 aromatic carbocycles. The van der Waals surface area contributed by atoms with Crippen LogP contribution in [0.3, 0.4) is 0 Å². The number of imide groups is 1. The molecule has 1 atom stereocenters. The van der Waals surface area contributed by atoms with Crippen molar-refractivity contribution in [1.82, 2.24) is 9.55 Å². The molecule has 0 saturated carbocycles. The highest BCUT2D eigenvalue weighted by molar-refractivity contribution is 6.31. The van der Waals surface area contributed by atoms with E-state index in [2.05, 4.69) is 4.98 Å². The highest BCUT2D eigenvalue weighted by atomic mass is 35.5. The molecule has 1 saturated heterocycles. The number of benzene rings is 2. The average molecular weight is 326 g/mol. The standard InChI is InChI=1S/C17H12ClN3O2/c18-11-4-3-5-12(8-11)21-16(22)9-15(17(21)23)20-10-19-13-6-1-2-7-14(13)20/h1-8,10,15H,9H2. The third-order valence-corrected chi connectivity index (χ3v) is 4.24. The summed E-state index contributed by atoms with van der Waals surface area (Å²) in [5.41, 5.74) is 2.14. The van der Waals surface area contributed by atoms with E-state index in [1.54, 1.807) is 35.2 Å². The Bertz CT molecular complexity index is 934. The number of carbonyl (C=O) groups excluding carboxylic acids is 2. The smallest absolute Gasteiger partial charge is 0.257 e. The van der Waals surface area contributed by atoms with Crippen LogP contribution in [0.25, 0.3) is 11.0 Å². The molecule has 0 bridgehead atoms. The number of amides is 2. The van der Waals surface area contributed by atoms with Gasteiger partial charge in [0.1, 0.15) is 6.04 Å². The van der Waals surface area contributed by atoms with Crippen molar-refractivity contribution in [1.29, 1.82) is 0 Å². The SMILES string of the molecule is O=C1CC(n2cnc3ccccc32)C(=O)N1c1cccc(Cl)c1. The number of nitrogens with zero attached hydrogens (tertiary/aromatic N) is 3. The predicted octanol–water partition coefficient (Wildman–Crippen LogP) is 3.19. The van der Waals surface area contributed by atoms with Gasteiger partial charge in [-0.25, -0.2) is 9.88 Å². The summed E-state index contributed by atoms with van der Waals surface area (Å²) in [5.74, 6) is -0.500. The molecule has 23 heavy (non-hydrogen) atoms. The third-order valence-electron chi connectivity index (χ3n) is 4.01. The molecule has 2 heterocycles. The maximum Gasteiger partial charge on any atom is 0.257 e. The van der Waals surface area contributed by atoms with Crippen LogP contribution in [-0.4, -0.2) is 21.4 Å². The fourth-order valence-corrected chi connectivity index (χ4v) is 3.13. The van der Waals surface area contributed by atoms with Gasteiger partial charge in [0.2, 0.25) is 5.91 Å². The van der Waals surface area contributed by atoms with Gasteiger partial charge in [-0.1, -0.05) is 29.8 Å². The van der Waals surface area contributed by atoms with Gasteiger partial charge in [-0.05, 0) is 30.3 Å². The second kappa shape index (κ2) is 5.21.